The Balaban J connectivity index is 1.32. The predicted molar refractivity (Wildman–Crippen MR) is 111 cm³/mol. The van der Waals surface area contributed by atoms with E-state index in [4.69, 9.17) is 9.47 Å². The first-order valence-corrected chi connectivity index (χ1v) is 10.1. The van der Waals surface area contributed by atoms with Crippen LogP contribution in [0.15, 0.2) is 48.5 Å². The van der Waals surface area contributed by atoms with Gasteiger partial charge in [0, 0.05) is 25.6 Å². The van der Waals surface area contributed by atoms with E-state index < -0.39 is 11.7 Å². The molecule has 0 radical (unpaired) electrons. The number of nitrogens with zero attached hydrogens (tertiary/aromatic N) is 1. The zero-order valence-electron chi connectivity index (χ0n) is 16.8. The van der Waals surface area contributed by atoms with Crippen LogP contribution in [-0.4, -0.2) is 67.7 Å². The number of carbonyl (C=O) groups excluding carboxylic acids is 1. The highest BCUT2D eigenvalue weighted by Crippen LogP contribution is 2.44. The summed E-state index contributed by atoms with van der Waals surface area (Å²) in [4.78, 5) is 14.4. The predicted octanol–water partition coefficient (Wildman–Crippen LogP) is 2.61. The van der Waals surface area contributed by atoms with E-state index in [1.54, 1.807) is 6.92 Å². The minimum atomic E-state index is -1.02. The number of amides is 1. The zero-order valence-corrected chi connectivity index (χ0v) is 16.8. The van der Waals surface area contributed by atoms with Crippen LogP contribution in [0.3, 0.4) is 0 Å². The lowest BCUT2D eigenvalue weighted by atomic mass is 9.98. The molecule has 1 aliphatic heterocycles. The van der Waals surface area contributed by atoms with Gasteiger partial charge in [0.05, 0.1) is 25.4 Å². The summed E-state index contributed by atoms with van der Waals surface area (Å²) in [5.74, 6) is 0.0296. The lowest BCUT2D eigenvalue weighted by Gasteiger charge is -2.33. The number of aliphatic hydroxyl groups is 1. The summed E-state index contributed by atoms with van der Waals surface area (Å²) in [7, 11) is 0. The fraction of sp³-hybridized carbons (Fsp3) is 0.435. The van der Waals surface area contributed by atoms with Crippen LogP contribution in [0.25, 0.3) is 11.1 Å². The maximum atomic E-state index is 12.3. The van der Waals surface area contributed by atoms with E-state index in [0.29, 0.717) is 19.8 Å². The van der Waals surface area contributed by atoms with Crippen LogP contribution in [0.1, 0.15) is 24.0 Å². The second kappa shape index (κ2) is 8.53. The molecule has 1 unspecified atom stereocenters. The van der Waals surface area contributed by atoms with Gasteiger partial charge in [-0.3, -0.25) is 4.90 Å². The third-order valence-corrected chi connectivity index (χ3v) is 5.63. The Hall–Kier alpha value is -2.41. The number of β-amino-alcohol motifs (C(OH)–C–C–N with tert-alkyl or cyclic N) is 1. The van der Waals surface area contributed by atoms with Gasteiger partial charge in [-0.25, -0.2) is 4.79 Å². The van der Waals surface area contributed by atoms with E-state index in [2.05, 4.69) is 34.5 Å². The van der Waals surface area contributed by atoms with Crippen LogP contribution >= 0.6 is 0 Å². The van der Waals surface area contributed by atoms with E-state index in [9.17, 15) is 9.90 Å². The van der Waals surface area contributed by atoms with Gasteiger partial charge in [-0.15, -0.1) is 0 Å². The third-order valence-electron chi connectivity index (χ3n) is 5.63. The molecule has 4 rings (SSSR count). The van der Waals surface area contributed by atoms with Crippen molar-refractivity contribution in [3.63, 3.8) is 0 Å². The molecule has 6 nitrogen and oxygen atoms in total. The Kier molecular flexibility index (Phi) is 5.85. The first-order valence-electron chi connectivity index (χ1n) is 10.1. The SMILES string of the molecule is CC(O)(CNC(=O)OCC1c2ccccc2-c2ccccc21)CN1CCOCC1. The molecule has 1 aliphatic carbocycles. The van der Waals surface area contributed by atoms with Gasteiger partial charge in [0.2, 0.25) is 0 Å². The number of alkyl carbamates (subject to hydrolysis) is 1. The smallest absolute Gasteiger partial charge is 0.407 e. The number of carbonyl (C=O) groups is 1. The topological polar surface area (TPSA) is 71.0 Å². The molecule has 0 bridgehead atoms. The van der Waals surface area contributed by atoms with Crippen molar-refractivity contribution in [2.24, 2.45) is 0 Å². The number of hydrogen-bond acceptors (Lipinski definition) is 5. The van der Waals surface area contributed by atoms with Crippen molar-refractivity contribution in [3.8, 4) is 11.1 Å². The molecule has 2 aliphatic rings. The van der Waals surface area contributed by atoms with Gasteiger partial charge in [0.15, 0.2) is 0 Å². The van der Waals surface area contributed by atoms with Crippen LogP contribution in [0.5, 0.6) is 0 Å². The van der Waals surface area contributed by atoms with Gasteiger partial charge in [-0.05, 0) is 29.2 Å². The number of rotatable bonds is 6. The summed E-state index contributed by atoms with van der Waals surface area (Å²) in [6.45, 7) is 5.56. The molecule has 29 heavy (non-hydrogen) atoms. The van der Waals surface area contributed by atoms with E-state index in [1.165, 1.54) is 22.3 Å². The molecule has 2 aromatic rings. The highest BCUT2D eigenvalue weighted by Gasteiger charge is 2.30. The second-order valence-electron chi connectivity index (χ2n) is 8.06. The highest BCUT2D eigenvalue weighted by molar-refractivity contribution is 5.79. The fourth-order valence-corrected chi connectivity index (χ4v) is 4.21. The number of benzene rings is 2. The second-order valence-corrected chi connectivity index (χ2v) is 8.06. The summed E-state index contributed by atoms with van der Waals surface area (Å²) < 4.78 is 10.9. The van der Waals surface area contributed by atoms with E-state index in [1.807, 2.05) is 24.3 Å². The summed E-state index contributed by atoms with van der Waals surface area (Å²) in [6, 6.07) is 16.5. The zero-order chi connectivity index (χ0) is 20.3. The standard InChI is InChI=1S/C23H28N2O4/c1-23(27,16-25-10-12-28-13-11-25)15-24-22(26)29-14-21-19-8-4-2-6-17(19)18-7-3-5-9-20(18)21/h2-9,21,27H,10-16H2,1H3,(H,24,26). The monoisotopic (exact) mass is 396 g/mol. The molecule has 2 N–H and O–H groups in total. The summed E-state index contributed by atoms with van der Waals surface area (Å²) in [5.41, 5.74) is 3.74. The molecule has 6 heteroatoms. The summed E-state index contributed by atoms with van der Waals surface area (Å²) in [5, 5.41) is 13.3. The molecule has 0 spiro atoms. The van der Waals surface area contributed by atoms with E-state index >= 15 is 0 Å². The van der Waals surface area contributed by atoms with Crippen molar-refractivity contribution in [1.82, 2.24) is 10.2 Å². The Bertz CT molecular complexity index is 816. The first-order chi connectivity index (χ1) is 14.0. The van der Waals surface area contributed by atoms with Gasteiger partial charge in [0.1, 0.15) is 6.61 Å². The van der Waals surface area contributed by atoms with Crippen molar-refractivity contribution < 1.29 is 19.4 Å². The molecule has 1 atom stereocenters. The molecule has 1 heterocycles. The Morgan fingerprint density at radius 2 is 1.72 bits per heavy atom. The normalized spacial score (nSPS) is 18.6. The summed E-state index contributed by atoms with van der Waals surface area (Å²) in [6.07, 6.45) is -0.505. The van der Waals surface area contributed by atoms with Gasteiger partial charge >= 0.3 is 6.09 Å². The molecule has 0 aromatic heterocycles. The molecular weight excluding hydrogens is 368 g/mol. The molecule has 154 valence electrons. The highest BCUT2D eigenvalue weighted by atomic mass is 16.5. The first kappa shape index (κ1) is 19.9. The lowest BCUT2D eigenvalue weighted by molar-refractivity contribution is -0.0218. The van der Waals surface area contributed by atoms with Crippen LogP contribution < -0.4 is 5.32 Å². The van der Waals surface area contributed by atoms with Crippen LogP contribution in [-0.2, 0) is 9.47 Å². The van der Waals surface area contributed by atoms with Crippen molar-refractivity contribution in [2.45, 2.75) is 18.4 Å². The van der Waals surface area contributed by atoms with Gasteiger partial charge in [-0.1, -0.05) is 48.5 Å². The molecule has 2 aromatic carbocycles. The maximum Gasteiger partial charge on any atom is 0.407 e. The molecule has 1 amide bonds. The molecular formula is C23H28N2O4. The Labute approximate surface area is 171 Å². The number of fused-ring (bicyclic) bond motifs is 3. The number of hydrogen-bond donors (Lipinski definition) is 2. The Morgan fingerprint density at radius 1 is 1.14 bits per heavy atom. The molecule has 1 fully saturated rings. The average molecular weight is 396 g/mol. The van der Waals surface area contributed by atoms with Crippen LogP contribution in [0.4, 0.5) is 4.79 Å². The largest absolute Gasteiger partial charge is 0.449 e. The van der Waals surface area contributed by atoms with Gasteiger partial charge < -0.3 is 19.9 Å². The van der Waals surface area contributed by atoms with Crippen molar-refractivity contribution in [2.75, 3.05) is 46.0 Å². The lowest BCUT2D eigenvalue weighted by Crippen LogP contribution is -2.51. The molecule has 1 saturated heterocycles. The van der Waals surface area contributed by atoms with Crippen LogP contribution in [0.2, 0.25) is 0 Å². The quantitative estimate of drug-likeness (QED) is 0.786. The summed E-state index contributed by atoms with van der Waals surface area (Å²) >= 11 is 0. The minimum absolute atomic E-state index is 0.0296. The third kappa shape index (κ3) is 4.61. The fourth-order valence-electron chi connectivity index (χ4n) is 4.21. The van der Waals surface area contributed by atoms with Crippen molar-refractivity contribution >= 4 is 6.09 Å². The number of ether oxygens (including phenoxy) is 2. The van der Waals surface area contributed by atoms with Gasteiger partial charge in [0.25, 0.3) is 0 Å². The molecule has 0 saturated carbocycles. The van der Waals surface area contributed by atoms with E-state index in [-0.39, 0.29) is 19.1 Å². The van der Waals surface area contributed by atoms with E-state index in [0.717, 1.165) is 13.1 Å². The van der Waals surface area contributed by atoms with Crippen LogP contribution in [0, 0.1) is 0 Å². The van der Waals surface area contributed by atoms with Crippen molar-refractivity contribution in [1.29, 1.82) is 0 Å². The maximum absolute atomic E-state index is 12.3. The minimum Gasteiger partial charge on any atom is -0.449 e. The number of morpholine rings is 1. The van der Waals surface area contributed by atoms with Gasteiger partial charge in [-0.2, -0.15) is 0 Å². The Morgan fingerprint density at radius 3 is 2.34 bits per heavy atom. The van der Waals surface area contributed by atoms with Crippen molar-refractivity contribution in [3.05, 3.63) is 59.7 Å². The number of nitrogens with one attached hydrogen (secondary N) is 1. The average Bonchev–Trinajstić information content (AvgIpc) is 3.05.